The fourth-order valence-corrected chi connectivity index (χ4v) is 5.16. The smallest absolute Gasteiger partial charge is 0.336 e. The standard InChI is InChI=1S/C24H29NO4/c1-14-20(23(28)29-17-9-4-5-10-17)21(15-7-6-8-16(26)11-15)22-18(25-14)12-24(2,3)13-19(22)27/h6-8,11,17,21-22,26H,4-5,9-10,12-13H2,1-3H3. The molecule has 5 heteroatoms. The SMILES string of the molecule is CC1=C(C(=O)OC2CCCC2)C(c2cccc(O)c2)C2C(=O)CC(C)(C)CC2=N1. The maximum absolute atomic E-state index is 13.2. The van der Waals surface area contributed by atoms with Crippen molar-refractivity contribution in [2.45, 2.75) is 71.3 Å². The van der Waals surface area contributed by atoms with E-state index in [1.54, 1.807) is 18.2 Å². The number of esters is 1. The summed E-state index contributed by atoms with van der Waals surface area (Å²) in [5.74, 6) is -1.08. The minimum atomic E-state index is -0.473. The van der Waals surface area contributed by atoms with E-state index in [2.05, 4.69) is 13.8 Å². The van der Waals surface area contributed by atoms with Crippen LogP contribution in [-0.4, -0.2) is 28.7 Å². The van der Waals surface area contributed by atoms with Gasteiger partial charge in [-0.1, -0.05) is 26.0 Å². The summed E-state index contributed by atoms with van der Waals surface area (Å²) in [5, 5.41) is 10.1. The lowest BCUT2D eigenvalue weighted by atomic mass is 9.63. The first-order valence-electron chi connectivity index (χ1n) is 10.6. The normalized spacial score (nSPS) is 26.9. The van der Waals surface area contributed by atoms with E-state index in [-0.39, 0.29) is 29.0 Å². The Bertz CT molecular complexity index is 905. The highest BCUT2D eigenvalue weighted by Crippen LogP contribution is 2.47. The molecule has 0 saturated heterocycles. The molecule has 0 amide bonds. The molecule has 1 aromatic carbocycles. The van der Waals surface area contributed by atoms with Gasteiger partial charge in [0.1, 0.15) is 17.6 Å². The van der Waals surface area contributed by atoms with Crippen LogP contribution in [-0.2, 0) is 14.3 Å². The summed E-state index contributed by atoms with van der Waals surface area (Å²) >= 11 is 0. The van der Waals surface area contributed by atoms with E-state index in [1.165, 1.54) is 0 Å². The van der Waals surface area contributed by atoms with Crippen LogP contribution in [0.25, 0.3) is 0 Å². The number of benzene rings is 1. The van der Waals surface area contributed by atoms with Crippen LogP contribution in [0, 0.1) is 11.3 Å². The molecular formula is C24H29NO4. The van der Waals surface area contributed by atoms with Crippen molar-refractivity contribution in [1.82, 2.24) is 0 Å². The predicted molar refractivity (Wildman–Crippen MR) is 111 cm³/mol. The monoisotopic (exact) mass is 395 g/mol. The summed E-state index contributed by atoms with van der Waals surface area (Å²) in [4.78, 5) is 31.2. The Kier molecular flexibility index (Phi) is 5.09. The van der Waals surface area contributed by atoms with Crippen LogP contribution in [0.2, 0.25) is 0 Å². The van der Waals surface area contributed by atoms with Crippen molar-refractivity contribution in [2.24, 2.45) is 16.3 Å². The van der Waals surface area contributed by atoms with E-state index in [0.717, 1.165) is 43.4 Å². The highest BCUT2D eigenvalue weighted by molar-refractivity contribution is 6.12. The van der Waals surface area contributed by atoms with E-state index >= 15 is 0 Å². The number of Topliss-reactive ketones (excluding diaryl/α,β-unsaturated/α-hetero) is 1. The maximum Gasteiger partial charge on any atom is 0.336 e. The Morgan fingerprint density at radius 2 is 1.90 bits per heavy atom. The van der Waals surface area contributed by atoms with Crippen molar-refractivity contribution in [1.29, 1.82) is 0 Å². The maximum atomic E-state index is 13.2. The molecule has 0 aromatic heterocycles. The summed E-state index contributed by atoms with van der Waals surface area (Å²) in [7, 11) is 0. The summed E-state index contributed by atoms with van der Waals surface area (Å²) in [6.45, 7) is 5.99. The third-order valence-electron chi connectivity index (χ3n) is 6.39. The van der Waals surface area contributed by atoms with Crippen LogP contribution in [0.3, 0.4) is 0 Å². The van der Waals surface area contributed by atoms with Crippen LogP contribution < -0.4 is 0 Å². The first-order chi connectivity index (χ1) is 13.7. The van der Waals surface area contributed by atoms with Crippen molar-refractivity contribution >= 4 is 17.5 Å². The zero-order chi connectivity index (χ0) is 20.8. The second-order valence-corrected chi connectivity index (χ2v) is 9.45. The fraction of sp³-hybridized carbons (Fsp3) is 0.542. The molecule has 1 aliphatic heterocycles. The number of phenolic OH excluding ortho intramolecular Hbond substituents is 1. The van der Waals surface area contributed by atoms with Crippen LogP contribution in [0.1, 0.15) is 70.8 Å². The molecule has 1 N–H and O–H groups in total. The van der Waals surface area contributed by atoms with Gasteiger partial charge in [0.25, 0.3) is 0 Å². The summed E-state index contributed by atoms with van der Waals surface area (Å²) in [5.41, 5.74) is 2.54. The van der Waals surface area contributed by atoms with Gasteiger partial charge in [0.05, 0.1) is 11.5 Å². The number of phenols is 1. The Morgan fingerprint density at radius 1 is 1.17 bits per heavy atom. The predicted octanol–water partition coefficient (Wildman–Crippen LogP) is 4.70. The first-order valence-corrected chi connectivity index (χ1v) is 10.6. The lowest BCUT2D eigenvalue weighted by molar-refractivity contribution is -0.144. The molecule has 5 nitrogen and oxygen atoms in total. The van der Waals surface area contributed by atoms with Gasteiger partial charge in [0, 0.05) is 23.7 Å². The lowest BCUT2D eigenvalue weighted by Gasteiger charge is -2.41. The number of ether oxygens (including phenoxy) is 1. The Hall–Kier alpha value is -2.43. The molecule has 0 radical (unpaired) electrons. The van der Waals surface area contributed by atoms with Gasteiger partial charge in [0.2, 0.25) is 0 Å². The largest absolute Gasteiger partial charge is 0.508 e. The molecule has 1 heterocycles. The number of hydrogen-bond donors (Lipinski definition) is 1. The zero-order valence-electron chi connectivity index (χ0n) is 17.4. The van der Waals surface area contributed by atoms with E-state index in [4.69, 9.17) is 9.73 Å². The summed E-state index contributed by atoms with van der Waals surface area (Å²) in [6, 6.07) is 6.87. The number of carbonyl (C=O) groups is 2. The minimum absolute atomic E-state index is 0.0565. The molecule has 2 unspecified atom stereocenters. The van der Waals surface area contributed by atoms with E-state index < -0.39 is 11.8 Å². The molecule has 2 atom stereocenters. The van der Waals surface area contributed by atoms with Gasteiger partial charge in [-0.25, -0.2) is 4.79 Å². The summed E-state index contributed by atoms with van der Waals surface area (Å²) in [6.07, 6.45) is 5.05. The molecule has 1 aromatic rings. The zero-order valence-corrected chi connectivity index (χ0v) is 17.4. The lowest BCUT2D eigenvalue weighted by Crippen LogP contribution is -2.44. The van der Waals surface area contributed by atoms with E-state index in [9.17, 15) is 14.7 Å². The molecule has 2 aliphatic carbocycles. The fourth-order valence-electron chi connectivity index (χ4n) is 5.16. The third kappa shape index (κ3) is 3.87. The summed E-state index contributed by atoms with van der Waals surface area (Å²) < 4.78 is 5.82. The van der Waals surface area contributed by atoms with Crippen molar-refractivity contribution in [3.05, 3.63) is 41.1 Å². The van der Waals surface area contributed by atoms with Crippen molar-refractivity contribution < 1.29 is 19.4 Å². The molecule has 29 heavy (non-hydrogen) atoms. The number of rotatable bonds is 3. The second kappa shape index (κ2) is 7.43. The van der Waals surface area contributed by atoms with Gasteiger partial charge in [-0.2, -0.15) is 0 Å². The van der Waals surface area contributed by atoms with E-state index in [0.29, 0.717) is 17.7 Å². The van der Waals surface area contributed by atoms with Gasteiger partial charge >= 0.3 is 5.97 Å². The van der Waals surface area contributed by atoms with Crippen LogP contribution >= 0.6 is 0 Å². The minimum Gasteiger partial charge on any atom is -0.508 e. The quantitative estimate of drug-likeness (QED) is 0.753. The molecule has 2 saturated carbocycles. The van der Waals surface area contributed by atoms with Gasteiger partial charge in [0.15, 0.2) is 0 Å². The number of fused-ring (bicyclic) bond motifs is 1. The van der Waals surface area contributed by atoms with Crippen LogP contribution in [0.5, 0.6) is 5.75 Å². The second-order valence-electron chi connectivity index (χ2n) is 9.45. The Morgan fingerprint density at radius 3 is 2.59 bits per heavy atom. The number of nitrogens with zero attached hydrogens (tertiary/aromatic N) is 1. The molecule has 0 spiro atoms. The van der Waals surface area contributed by atoms with Gasteiger partial charge < -0.3 is 9.84 Å². The Labute approximate surface area is 171 Å². The van der Waals surface area contributed by atoms with Crippen molar-refractivity contribution in [3.63, 3.8) is 0 Å². The van der Waals surface area contributed by atoms with Gasteiger partial charge in [-0.15, -0.1) is 0 Å². The average molecular weight is 395 g/mol. The topological polar surface area (TPSA) is 76.0 Å². The highest BCUT2D eigenvalue weighted by atomic mass is 16.5. The van der Waals surface area contributed by atoms with Crippen molar-refractivity contribution in [2.75, 3.05) is 0 Å². The molecule has 4 rings (SSSR count). The number of aliphatic imine (C=N–C) groups is 1. The number of carbonyl (C=O) groups excluding carboxylic acids is 2. The van der Waals surface area contributed by atoms with Crippen molar-refractivity contribution in [3.8, 4) is 5.75 Å². The number of hydrogen-bond acceptors (Lipinski definition) is 5. The van der Waals surface area contributed by atoms with Crippen LogP contribution in [0.15, 0.2) is 40.5 Å². The number of aromatic hydroxyl groups is 1. The van der Waals surface area contributed by atoms with E-state index in [1.807, 2.05) is 13.0 Å². The number of ketones is 1. The molecular weight excluding hydrogens is 366 g/mol. The molecule has 3 aliphatic rings. The molecule has 0 bridgehead atoms. The first kappa shape index (κ1) is 19.9. The van der Waals surface area contributed by atoms with Crippen LogP contribution in [0.4, 0.5) is 0 Å². The average Bonchev–Trinajstić information content (AvgIpc) is 3.12. The third-order valence-corrected chi connectivity index (χ3v) is 6.39. The highest BCUT2D eigenvalue weighted by Gasteiger charge is 2.48. The Balaban J connectivity index is 1.79. The number of allylic oxidation sites excluding steroid dienone is 1. The van der Waals surface area contributed by atoms with Gasteiger partial charge in [-0.3, -0.25) is 9.79 Å². The molecule has 2 fully saturated rings. The van der Waals surface area contributed by atoms with Gasteiger partial charge in [-0.05, 0) is 62.1 Å². The molecule has 154 valence electrons.